The van der Waals surface area contributed by atoms with Gasteiger partial charge in [-0.2, -0.15) is 5.26 Å². The molecule has 0 saturated heterocycles. The Kier molecular flexibility index (Phi) is 7.86. The predicted molar refractivity (Wildman–Crippen MR) is 130 cm³/mol. The van der Waals surface area contributed by atoms with Crippen LogP contribution < -0.4 is 14.2 Å². The molecule has 0 aliphatic heterocycles. The molecule has 0 aliphatic carbocycles. The summed E-state index contributed by atoms with van der Waals surface area (Å²) in [6, 6.07) is 14.0. The first-order chi connectivity index (χ1) is 15.8. The number of carbonyl (C=O) groups is 1. The second kappa shape index (κ2) is 10.8. The maximum atomic E-state index is 11.4. The molecule has 0 fully saturated rings. The summed E-state index contributed by atoms with van der Waals surface area (Å²) in [5, 5.41) is 12.3. The Morgan fingerprint density at radius 2 is 1.79 bits per heavy atom. The fraction of sp³-hybridized carbons (Fsp3) is 0.269. The third-order valence-electron chi connectivity index (χ3n) is 4.79. The second-order valence-electron chi connectivity index (χ2n) is 7.85. The summed E-state index contributed by atoms with van der Waals surface area (Å²) in [5.41, 5.74) is 4.20. The smallest absolute Gasteiger partial charge is 0.308 e. The molecule has 1 heterocycles. The summed E-state index contributed by atoms with van der Waals surface area (Å²) < 4.78 is 16.0. The van der Waals surface area contributed by atoms with Gasteiger partial charge in [0.15, 0.2) is 11.5 Å². The van der Waals surface area contributed by atoms with E-state index >= 15 is 0 Å². The lowest BCUT2D eigenvalue weighted by molar-refractivity contribution is -0.132. The van der Waals surface area contributed by atoms with Gasteiger partial charge < -0.3 is 14.2 Å². The van der Waals surface area contributed by atoms with E-state index in [1.54, 1.807) is 18.2 Å². The molecule has 6 nitrogen and oxygen atoms in total. The topological polar surface area (TPSA) is 81.4 Å². The average molecular weight is 463 g/mol. The molecular formula is C26H26N2O4S. The number of carbonyl (C=O) groups excluding carboxylic acids is 1. The van der Waals surface area contributed by atoms with Crippen molar-refractivity contribution in [2.75, 3.05) is 14.2 Å². The lowest BCUT2D eigenvalue weighted by atomic mass is 10.0. The largest absolute Gasteiger partial charge is 0.493 e. The van der Waals surface area contributed by atoms with E-state index in [1.807, 2.05) is 5.38 Å². The Bertz CT molecular complexity index is 1180. The number of aromatic nitrogens is 1. The molecule has 0 atom stereocenters. The van der Waals surface area contributed by atoms with E-state index in [-0.39, 0.29) is 5.75 Å². The molecule has 0 unspecified atom stereocenters. The first-order valence-corrected chi connectivity index (χ1v) is 11.3. The van der Waals surface area contributed by atoms with Crippen LogP contribution in [0.4, 0.5) is 0 Å². The molecule has 0 saturated carbocycles. The second-order valence-corrected chi connectivity index (χ2v) is 8.71. The van der Waals surface area contributed by atoms with E-state index in [2.05, 4.69) is 49.2 Å². The quantitative estimate of drug-likeness (QED) is 0.231. The zero-order valence-corrected chi connectivity index (χ0v) is 20.2. The minimum absolute atomic E-state index is 0.195. The monoisotopic (exact) mass is 462 g/mol. The minimum atomic E-state index is -0.486. The zero-order chi connectivity index (χ0) is 24.0. The number of allylic oxidation sites excluding steroid dienone is 1. The van der Waals surface area contributed by atoms with E-state index < -0.39 is 5.97 Å². The lowest BCUT2D eigenvalue weighted by Gasteiger charge is -2.13. The van der Waals surface area contributed by atoms with Gasteiger partial charge in [-0.15, -0.1) is 11.3 Å². The number of hydrogen-bond donors (Lipinski definition) is 0. The molecule has 0 bridgehead atoms. The van der Waals surface area contributed by atoms with Gasteiger partial charge in [0.25, 0.3) is 0 Å². The van der Waals surface area contributed by atoms with Crippen molar-refractivity contribution in [1.29, 1.82) is 5.26 Å². The molecule has 0 aliphatic rings. The SMILES string of the molecule is COc1cc(C=C(C#N)c2nc(-c3ccc(CC(C)C)cc3)cs2)cc(OC)c1OC(C)=O. The van der Waals surface area contributed by atoms with Crippen LogP contribution in [0.1, 0.15) is 36.9 Å². The van der Waals surface area contributed by atoms with Gasteiger partial charge in [0.2, 0.25) is 5.75 Å². The van der Waals surface area contributed by atoms with Gasteiger partial charge in [0.05, 0.1) is 25.5 Å². The Balaban J connectivity index is 1.92. The van der Waals surface area contributed by atoms with Crippen LogP contribution in [-0.2, 0) is 11.2 Å². The summed E-state index contributed by atoms with van der Waals surface area (Å²) in [7, 11) is 2.94. The van der Waals surface area contributed by atoms with Crippen LogP contribution in [0.3, 0.4) is 0 Å². The van der Waals surface area contributed by atoms with Crippen LogP contribution in [0.5, 0.6) is 17.2 Å². The summed E-state index contributed by atoms with van der Waals surface area (Å²) in [6.07, 6.45) is 2.74. The standard InChI is InChI=1S/C26H26N2O4S/c1-16(2)10-18-6-8-20(9-7-18)22-15-33-26(28-22)21(14-27)11-19-12-23(30-4)25(32-17(3)29)24(13-19)31-5/h6-9,11-13,15-16H,10H2,1-5H3. The molecule has 3 rings (SSSR count). The van der Waals surface area contributed by atoms with E-state index in [1.165, 1.54) is 38.0 Å². The molecule has 0 N–H and O–H groups in total. The predicted octanol–water partition coefficient (Wildman–Crippen LogP) is 6.02. The van der Waals surface area contributed by atoms with Gasteiger partial charge in [-0.1, -0.05) is 38.1 Å². The highest BCUT2D eigenvalue weighted by molar-refractivity contribution is 7.11. The highest BCUT2D eigenvalue weighted by Gasteiger charge is 2.17. The van der Waals surface area contributed by atoms with Crippen molar-refractivity contribution < 1.29 is 19.0 Å². The van der Waals surface area contributed by atoms with E-state index in [4.69, 9.17) is 14.2 Å². The number of nitrogens with zero attached hydrogens (tertiary/aromatic N) is 2. The lowest BCUT2D eigenvalue weighted by Crippen LogP contribution is -2.05. The van der Waals surface area contributed by atoms with Gasteiger partial charge in [0, 0.05) is 17.9 Å². The van der Waals surface area contributed by atoms with Gasteiger partial charge in [0.1, 0.15) is 11.1 Å². The fourth-order valence-electron chi connectivity index (χ4n) is 3.35. The van der Waals surface area contributed by atoms with Crippen molar-refractivity contribution in [3.05, 3.63) is 57.9 Å². The first kappa shape index (κ1) is 24.0. The molecule has 0 amide bonds. The molecule has 1 aromatic heterocycles. The van der Waals surface area contributed by atoms with Gasteiger partial charge in [-0.05, 0) is 41.7 Å². The number of ether oxygens (including phenoxy) is 3. The van der Waals surface area contributed by atoms with E-state index in [0.717, 1.165) is 17.7 Å². The van der Waals surface area contributed by atoms with Crippen LogP contribution in [0.25, 0.3) is 22.9 Å². The summed E-state index contributed by atoms with van der Waals surface area (Å²) in [6.45, 7) is 5.70. The molecular weight excluding hydrogens is 436 g/mol. The number of esters is 1. The third-order valence-corrected chi connectivity index (χ3v) is 5.66. The third kappa shape index (κ3) is 5.99. The van der Waals surface area contributed by atoms with Crippen molar-refractivity contribution in [3.63, 3.8) is 0 Å². The van der Waals surface area contributed by atoms with Crippen molar-refractivity contribution >= 4 is 29.0 Å². The molecule has 7 heteroatoms. The number of rotatable bonds is 8. The average Bonchev–Trinajstić information content (AvgIpc) is 3.27. The molecule has 2 aromatic carbocycles. The van der Waals surface area contributed by atoms with Gasteiger partial charge >= 0.3 is 5.97 Å². The maximum Gasteiger partial charge on any atom is 0.308 e. The molecule has 33 heavy (non-hydrogen) atoms. The fourth-order valence-corrected chi connectivity index (χ4v) is 4.14. The molecule has 3 aromatic rings. The van der Waals surface area contributed by atoms with Crippen molar-refractivity contribution in [2.45, 2.75) is 27.2 Å². The summed E-state index contributed by atoms with van der Waals surface area (Å²) >= 11 is 1.41. The number of hydrogen-bond acceptors (Lipinski definition) is 7. The number of thiazole rings is 1. The Morgan fingerprint density at radius 3 is 2.30 bits per heavy atom. The van der Waals surface area contributed by atoms with Crippen molar-refractivity contribution in [1.82, 2.24) is 4.98 Å². The highest BCUT2D eigenvalue weighted by Crippen LogP contribution is 2.39. The van der Waals surface area contributed by atoms with Crippen LogP contribution >= 0.6 is 11.3 Å². The van der Waals surface area contributed by atoms with Crippen LogP contribution in [0.2, 0.25) is 0 Å². The Hall–Kier alpha value is -3.63. The highest BCUT2D eigenvalue weighted by atomic mass is 32.1. The Labute approximate surface area is 198 Å². The van der Waals surface area contributed by atoms with E-state index in [9.17, 15) is 10.1 Å². The summed E-state index contributed by atoms with van der Waals surface area (Å²) in [4.78, 5) is 16.1. The maximum absolute atomic E-state index is 11.4. The van der Waals surface area contributed by atoms with E-state index in [0.29, 0.717) is 33.6 Å². The number of nitriles is 1. The normalized spacial score (nSPS) is 11.2. The molecule has 170 valence electrons. The van der Waals surface area contributed by atoms with Crippen LogP contribution in [-0.4, -0.2) is 25.2 Å². The zero-order valence-electron chi connectivity index (χ0n) is 19.3. The number of benzene rings is 2. The van der Waals surface area contributed by atoms with Crippen molar-refractivity contribution in [3.8, 4) is 34.6 Å². The molecule has 0 spiro atoms. The first-order valence-electron chi connectivity index (χ1n) is 10.5. The minimum Gasteiger partial charge on any atom is -0.493 e. The molecule has 0 radical (unpaired) electrons. The number of methoxy groups -OCH3 is 2. The van der Waals surface area contributed by atoms with Gasteiger partial charge in [-0.3, -0.25) is 4.79 Å². The van der Waals surface area contributed by atoms with Crippen LogP contribution in [0, 0.1) is 17.2 Å². The van der Waals surface area contributed by atoms with Gasteiger partial charge in [-0.25, -0.2) is 4.98 Å². The van der Waals surface area contributed by atoms with Crippen LogP contribution in [0.15, 0.2) is 41.8 Å². The summed E-state index contributed by atoms with van der Waals surface area (Å²) in [5.74, 6) is 0.968. The van der Waals surface area contributed by atoms with Crippen molar-refractivity contribution in [2.24, 2.45) is 5.92 Å². The Morgan fingerprint density at radius 1 is 1.15 bits per heavy atom.